The molecule has 3 unspecified atom stereocenters. The Morgan fingerprint density at radius 3 is 2.57 bits per heavy atom. The molecule has 1 rings (SSSR count). The normalized spacial score (nSPS) is 26.6. The monoisotopic (exact) mass is 319 g/mol. The van der Waals surface area contributed by atoms with E-state index in [9.17, 15) is 13.2 Å². The van der Waals surface area contributed by atoms with Gasteiger partial charge in [0.25, 0.3) is 0 Å². The molecular formula is C14H29N3O3S. The molecule has 3 atom stereocenters. The second-order valence-corrected chi connectivity index (χ2v) is 8.30. The fraction of sp³-hybridized carbons (Fsp3) is 0.929. The summed E-state index contributed by atoms with van der Waals surface area (Å²) >= 11 is 0. The predicted octanol–water partition coefficient (Wildman–Crippen LogP) is 1.39. The average Bonchev–Trinajstić information content (AvgIpc) is 2.38. The number of carbonyl (C=O) groups excluding carboxylic acids is 1. The van der Waals surface area contributed by atoms with Crippen molar-refractivity contribution in [1.29, 1.82) is 0 Å². The number of amides is 2. The average molecular weight is 319 g/mol. The molecule has 0 heterocycles. The van der Waals surface area contributed by atoms with E-state index in [1.54, 1.807) is 7.05 Å². The molecule has 7 heteroatoms. The number of hydrogen-bond donors (Lipinski definition) is 2. The molecule has 6 nitrogen and oxygen atoms in total. The number of rotatable bonds is 6. The van der Waals surface area contributed by atoms with Gasteiger partial charge in [-0.2, -0.15) is 0 Å². The Balaban J connectivity index is 2.22. The fourth-order valence-electron chi connectivity index (χ4n) is 2.67. The zero-order valence-electron chi connectivity index (χ0n) is 13.6. The highest BCUT2D eigenvalue weighted by Gasteiger charge is 2.27. The smallest absolute Gasteiger partial charge is 0.315 e. The van der Waals surface area contributed by atoms with Crippen LogP contribution in [0.3, 0.4) is 0 Å². The van der Waals surface area contributed by atoms with Gasteiger partial charge in [-0.05, 0) is 24.7 Å². The van der Waals surface area contributed by atoms with E-state index in [1.165, 1.54) is 17.0 Å². The van der Waals surface area contributed by atoms with Crippen molar-refractivity contribution in [3.05, 3.63) is 0 Å². The van der Waals surface area contributed by atoms with Crippen LogP contribution in [-0.4, -0.2) is 51.2 Å². The molecule has 0 radical (unpaired) electrons. The predicted molar refractivity (Wildman–Crippen MR) is 84.6 cm³/mol. The SMILES string of the molecule is CC1CCCC(NC(=O)NCCCN(C)S(C)(=O)=O)C1C. The van der Waals surface area contributed by atoms with Crippen molar-refractivity contribution < 1.29 is 13.2 Å². The lowest BCUT2D eigenvalue weighted by Crippen LogP contribution is -2.48. The fourth-order valence-corrected chi connectivity index (χ4v) is 3.14. The summed E-state index contributed by atoms with van der Waals surface area (Å²) in [4.78, 5) is 11.9. The maximum absolute atomic E-state index is 11.9. The maximum Gasteiger partial charge on any atom is 0.315 e. The van der Waals surface area contributed by atoms with Gasteiger partial charge in [0.05, 0.1) is 6.26 Å². The number of carbonyl (C=O) groups is 1. The van der Waals surface area contributed by atoms with Gasteiger partial charge >= 0.3 is 6.03 Å². The van der Waals surface area contributed by atoms with Gasteiger partial charge < -0.3 is 10.6 Å². The van der Waals surface area contributed by atoms with Gasteiger partial charge in [-0.1, -0.05) is 26.7 Å². The van der Waals surface area contributed by atoms with Crippen LogP contribution in [0.15, 0.2) is 0 Å². The van der Waals surface area contributed by atoms with Crippen molar-refractivity contribution in [2.45, 2.75) is 45.6 Å². The molecule has 0 aromatic heterocycles. The van der Waals surface area contributed by atoms with E-state index in [0.717, 1.165) is 12.8 Å². The summed E-state index contributed by atoms with van der Waals surface area (Å²) in [6.45, 7) is 5.31. The number of hydrogen-bond acceptors (Lipinski definition) is 3. The molecule has 2 N–H and O–H groups in total. The quantitative estimate of drug-likeness (QED) is 0.726. The molecule has 1 aliphatic rings. The van der Waals surface area contributed by atoms with Crippen molar-refractivity contribution in [1.82, 2.24) is 14.9 Å². The molecule has 124 valence electrons. The van der Waals surface area contributed by atoms with E-state index in [-0.39, 0.29) is 12.1 Å². The molecule has 0 aliphatic heterocycles. The molecule has 0 aromatic rings. The van der Waals surface area contributed by atoms with Crippen LogP contribution in [0.25, 0.3) is 0 Å². The first-order chi connectivity index (χ1) is 9.71. The van der Waals surface area contributed by atoms with Crippen molar-refractivity contribution in [2.24, 2.45) is 11.8 Å². The molecule has 0 saturated heterocycles. The van der Waals surface area contributed by atoms with Crippen LogP contribution in [-0.2, 0) is 10.0 Å². The number of nitrogens with zero attached hydrogens (tertiary/aromatic N) is 1. The summed E-state index contributed by atoms with van der Waals surface area (Å²) in [6, 6.07) is 0.0930. The van der Waals surface area contributed by atoms with Crippen molar-refractivity contribution >= 4 is 16.1 Å². The third-order valence-electron chi connectivity index (χ3n) is 4.52. The minimum absolute atomic E-state index is 0.150. The maximum atomic E-state index is 11.9. The van der Waals surface area contributed by atoms with Crippen LogP contribution in [0.1, 0.15) is 39.5 Å². The van der Waals surface area contributed by atoms with Gasteiger partial charge in [0.15, 0.2) is 0 Å². The topological polar surface area (TPSA) is 78.5 Å². The lowest BCUT2D eigenvalue weighted by molar-refractivity contribution is 0.195. The van der Waals surface area contributed by atoms with Crippen LogP contribution in [0, 0.1) is 11.8 Å². The summed E-state index contributed by atoms with van der Waals surface area (Å²) in [7, 11) is -1.59. The van der Waals surface area contributed by atoms with Gasteiger partial charge in [0.2, 0.25) is 10.0 Å². The molecule has 1 aliphatic carbocycles. The van der Waals surface area contributed by atoms with E-state index in [2.05, 4.69) is 24.5 Å². The second-order valence-electron chi connectivity index (χ2n) is 6.21. The first kappa shape index (κ1) is 18.2. The highest BCUT2D eigenvalue weighted by molar-refractivity contribution is 7.88. The Labute approximate surface area is 128 Å². The Kier molecular flexibility index (Phi) is 6.93. The second kappa shape index (κ2) is 7.98. The van der Waals surface area contributed by atoms with Crippen molar-refractivity contribution in [3.8, 4) is 0 Å². The summed E-state index contributed by atoms with van der Waals surface area (Å²) in [6.07, 6.45) is 5.22. The molecule has 0 aromatic carbocycles. The number of sulfonamides is 1. The minimum Gasteiger partial charge on any atom is -0.338 e. The first-order valence-corrected chi connectivity index (χ1v) is 9.52. The molecule has 1 saturated carbocycles. The largest absolute Gasteiger partial charge is 0.338 e. The lowest BCUT2D eigenvalue weighted by atomic mass is 9.78. The van der Waals surface area contributed by atoms with Crippen LogP contribution in [0.4, 0.5) is 4.79 Å². The number of nitrogens with one attached hydrogen (secondary N) is 2. The Morgan fingerprint density at radius 2 is 1.95 bits per heavy atom. The summed E-state index contributed by atoms with van der Waals surface area (Å²) in [5.74, 6) is 1.15. The molecule has 0 spiro atoms. The van der Waals surface area contributed by atoms with E-state index >= 15 is 0 Å². The Morgan fingerprint density at radius 1 is 1.29 bits per heavy atom. The third kappa shape index (κ3) is 6.22. The third-order valence-corrected chi connectivity index (χ3v) is 5.84. The van der Waals surface area contributed by atoms with Gasteiger partial charge in [-0.3, -0.25) is 0 Å². The van der Waals surface area contributed by atoms with E-state index in [1.807, 2.05) is 0 Å². The molecule has 2 amide bonds. The van der Waals surface area contributed by atoms with Gasteiger partial charge in [0.1, 0.15) is 0 Å². The van der Waals surface area contributed by atoms with Crippen LogP contribution in [0.5, 0.6) is 0 Å². The molecule has 0 bridgehead atoms. The van der Waals surface area contributed by atoms with Crippen LogP contribution in [0.2, 0.25) is 0 Å². The van der Waals surface area contributed by atoms with Crippen LogP contribution < -0.4 is 10.6 Å². The summed E-state index contributed by atoms with van der Waals surface area (Å²) in [5, 5.41) is 5.84. The highest BCUT2D eigenvalue weighted by Crippen LogP contribution is 2.29. The zero-order chi connectivity index (χ0) is 16.0. The van der Waals surface area contributed by atoms with E-state index in [4.69, 9.17) is 0 Å². The van der Waals surface area contributed by atoms with E-state index in [0.29, 0.717) is 31.3 Å². The van der Waals surface area contributed by atoms with Gasteiger partial charge in [-0.25, -0.2) is 17.5 Å². The van der Waals surface area contributed by atoms with Crippen molar-refractivity contribution in [2.75, 3.05) is 26.4 Å². The summed E-state index contributed by atoms with van der Waals surface area (Å²) < 4.78 is 23.7. The Bertz CT molecular complexity index is 439. The molecule has 1 fully saturated rings. The molecule has 21 heavy (non-hydrogen) atoms. The lowest BCUT2D eigenvalue weighted by Gasteiger charge is -2.34. The summed E-state index contributed by atoms with van der Waals surface area (Å²) in [5.41, 5.74) is 0. The highest BCUT2D eigenvalue weighted by atomic mass is 32.2. The van der Waals surface area contributed by atoms with Crippen molar-refractivity contribution in [3.63, 3.8) is 0 Å². The minimum atomic E-state index is -3.13. The van der Waals surface area contributed by atoms with E-state index < -0.39 is 10.0 Å². The van der Waals surface area contributed by atoms with Crippen LogP contribution >= 0.6 is 0 Å². The van der Waals surface area contributed by atoms with Gasteiger partial charge in [0, 0.05) is 26.2 Å². The standard InChI is InChI=1S/C14H29N3O3S/c1-11-7-5-8-13(12(11)2)16-14(18)15-9-6-10-17(3)21(4,19)20/h11-13H,5-10H2,1-4H3,(H2,15,16,18). The first-order valence-electron chi connectivity index (χ1n) is 7.67. The Hall–Kier alpha value is -0.820. The molecular weight excluding hydrogens is 290 g/mol. The zero-order valence-corrected chi connectivity index (χ0v) is 14.4. The number of urea groups is 1. The van der Waals surface area contributed by atoms with Gasteiger partial charge in [-0.15, -0.1) is 0 Å².